The third kappa shape index (κ3) is 3.48. The van der Waals surface area contributed by atoms with Crippen LogP contribution in [0.5, 0.6) is 0 Å². The van der Waals surface area contributed by atoms with E-state index in [0.717, 1.165) is 31.7 Å². The minimum atomic E-state index is -0.253. The molecule has 0 amide bonds. The summed E-state index contributed by atoms with van der Waals surface area (Å²) in [5.41, 5.74) is 6.75. The standard InChI is InChI=1S/C15H19FN6/c1-21-6-8-22(9-7-21)15-19-13(18-14(17)20-15)10-11-2-4-12(16)5-3-11/h2-5H,6-10H2,1H3,(H2,17,18,19,20). The number of nitrogen functional groups attached to an aromatic ring is 1. The number of aromatic nitrogens is 3. The van der Waals surface area contributed by atoms with Gasteiger partial charge in [0.25, 0.3) is 0 Å². The highest BCUT2D eigenvalue weighted by Crippen LogP contribution is 2.14. The van der Waals surface area contributed by atoms with Gasteiger partial charge in [0.2, 0.25) is 11.9 Å². The SMILES string of the molecule is CN1CCN(c2nc(N)nc(Cc3ccc(F)cc3)n2)CC1. The highest BCUT2D eigenvalue weighted by atomic mass is 19.1. The summed E-state index contributed by atoms with van der Waals surface area (Å²) >= 11 is 0. The first-order valence-corrected chi connectivity index (χ1v) is 7.28. The second-order valence-electron chi connectivity index (χ2n) is 5.50. The number of anilines is 2. The van der Waals surface area contributed by atoms with Crippen molar-refractivity contribution < 1.29 is 4.39 Å². The molecule has 0 radical (unpaired) electrons. The van der Waals surface area contributed by atoms with E-state index < -0.39 is 0 Å². The zero-order valence-corrected chi connectivity index (χ0v) is 12.5. The molecule has 0 spiro atoms. The van der Waals surface area contributed by atoms with Gasteiger partial charge in [-0.25, -0.2) is 4.39 Å². The molecule has 0 aliphatic carbocycles. The molecular weight excluding hydrogens is 283 g/mol. The molecule has 7 heteroatoms. The van der Waals surface area contributed by atoms with Crippen molar-refractivity contribution in [1.82, 2.24) is 19.9 Å². The number of benzene rings is 1. The van der Waals surface area contributed by atoms with Crippen LogP contribution < -0.4 is 10.6 Å². The summed E-state index contributed by atoms with van der Waals surface area (Å²) in [6, 6.07) is 6.32. The molecule has 1 saturated heterocycles. The van der Waals surface area contributed by atoms with Gasteiger partial charge in [0.15, 0.2) is 0 Å². The Morgan fingerprint density at radius 1 is 1.05 bits per heavy atom. The molecule has 1 fully saturated rings. The Morgan fingerprint density at radius 3 is 2.41 bits per heavy atom. The van der Waals surface area contributed by atoms with Crippen LogP contribution in [-0.4, -0.2) is 53.1 Å². The van der Waals surface area contributed by atoms with Gasteiger partial charge in [-0.1, -0.05) is 12.1 Å². The Hall–Kier alpha value is -2.28. The van der Waals surface area contributed by atoms with Gasteiger partial charge in [0, 0.05) is 32.6 Å². The van der Waals surface area contributed by atoms with Crippen LogP contribution in [0, 0.1) is 5.82 Å². The zero-order valence-electron chi connectivity index (χ0n) is 12.5. The predicted molar refractivity (Wildman–Crippen MR) is 83.2 cm³/mol. The van der Waals surface area contributed by atoms with Gasteiger partial charge >= 0.3 is 0 Å². The van der Waals surface area contributed by atoms with E-state index in [0.29, 0.717) is 18.2 Å². The summed E-state index contributed by atoms with van der Waals surface area (Å²) in [7, 11) is 2.10. The normalized spacial score (nSPS) is 16.0. The van der Waals surface area contributed by atoms with E-state index >= 15 is 0 Å². The topological polar surface area (TPSA) is 71.2 Å². The van der Waals surface area contributed by atoms with Crippen molar-refractivity contribution in [2.75, 3.05) is 43.9 Å². The molecule has 22 heavy (non-hydrogen) atoms. The highest BCUT2D eigenvalue weighted by Gasteiger charge is 2.18. The number of likely N-dealkylation sites (N-methyl/N-ethyl adjacent to an activating group) is 1. The largest absolute Gasteiger partial charge is 0.368 e. The van der Waals surface area contributed by atoms with Crippen molar-refractivity contribution >= 4 is 11.9 Å². The molecule has 116 valence electrons. The Kier molecular flexibility index (Phi) is 4.15. The van der Waals surface area contributed by atoms with Crippen molar-refractivity contribution in [1.29, 1.82) is 0 Å². The van der Waals surface area contributed by atoms with Gasteiger partial charge in [0.05, 0.1) is 0 Å². The Balaban J connectivity index is 1.79. The van der Waals surface area contributed by atoms with E-state index in [-0.39, 0.29) is 11.8 Å². The van der Waals surface area contributed by atoms with E-state index in [1.54, 1.807) is 12.1 Å². The number of rotatable bonds is 3. The van der Waals surface area contributed by atoms with Gasteiger partial charge in [-0.15, -0.1) is 0 Å². The monoisotopic (exact) mass is 302 g/mol. The third-order valence-corrected chi connectivity index (χ3v) is 3.75. The average molecular weight is 302 g/mol. The summed E-state index contributed by atoms with van der Waals surface area (Å²) in [5.74, 6) is 1.20. The van der Waals surface area contributed by atoms with E-state index in [4.69, 9.17) is 5.73 Å². The van der Waals surface area contributed by atoms with Gasteiger partial charge in [-0.05, 0) is 24.7 Å². The van der Waals surface area contributed by atoms with Crippen molar-refractivity contribution in [2.24, 2.45) is 0 Å². The van der Waals surface area contributed by atoms with Crippen LogP contribution in [0.1, 0.15) is 11.4 Å². The van der Waals surface area contributed by atoms with Crippen LogP contribution in [0.4, 0.5) is 16.3 Å². The lowest BCUT2D eigenvalue weighted by atomic mass is 10.1. The highest BCUT2D eigenvalue weighted by molar-refractivity contribution is 5.36. The first-order chi connectivity index (χ1) is 10.6. The lowest BCUT2D eigenvalue weighted by Crippen LogP contribution is -2.45. The number of halogens is 1. The molecule has 0 atom stereocenters. The fourth-order valence-corrected chi connectivity index (χ4v) is 2.44. The third-order valence-electron chi connectivity index (χ3n) is 3.75. The number of nitrogens with zero attached hydrogens (tertiary/aromatic N) is 5. The summed E-state index contributed by atoms with van der Waals surface area (Å²) in [6.45, 7) is 3.68. The maximum atomic E-state index is 13.0. The molecule has 1 aliphatic heterocycles. The summed E-state index contributed by atoms with van der Waals surface area (Å²) in [5, 5.41) is 0. The molecular formula is C15H19FN6. The first-order valence-electron chi connectivity index (χ1n) is 7.28. The average Bonchev–Trinajstić information content (AvgIpc) is 2.50. The van der Waals surface area contributed by atoms with Crippen molar-refractivity contribution in [3.63, 3.8) is 0 Å². The fraction of sp³-hybridized carbons (Fsp3) is 0.400. The van der Waals surface area contributed by atoms with Crippen molar-refractivity contribution in [2.45, 2.75) is 6.42 Å². The molecule has 0 saturated carbocycles. The lowest BCUT2D eigenvalue weighted by molar-refractivity contribution is 0.311. The Morgan fingerprint density at radius 2 is 1.73 bits per heavy atom. The van der Waals surface area contributed by atoms with Crippen LogP contribution in [0.15, 0.2) is 24.3 Å². The molecule has 2 N–H and O–H groups in total. The summed E-state index contributed by atoms with van der Waals surface area (Å²) in [4.78, 5) is 17.3. The van der Waals surface area contributed by atoms with Gasteiger partial charge < -0.3 is 15.5 Å². The smallest absolute Gasteiger partial charge is 0.230 e. The van der Waals surface area contributed by atoms with Gasteiger partial charge in [-0.3, -0.25) is 0 Å². The van der Waals surface area contributed by atoms with E-state index in [9.17, 15) is 4.39 Å². The molecule has 2 heterocycles. The number of hydrogen-bond acceptors (Lipinski definition) is 6. The van der Waals surface area contributed by atoms with Crippen LogP contribution in [0.25, 0.3) is 0 Å². The Labute approximate surface area is 128 Å². The van der Waals surface area contributed by atoms with E-state index in [1.807, 2.05) is 0 Å². The molecule has 0 bridgehead atoms. The van der Waals surface area contributed by atoms with Crippen molar-refractivity contribution in [3.05, 3.63) is 41.5 Å². The quantitative estimate of drug-likeness (QED) is 0.909. The zero-order chi connectivity index (χ0) is 15.5. The summed E-state index contributed by atoms with van der Waals surface area (Å²) < 4.78 is 13.0. The predicted octanol–water partition coefficient (Wildman–Crippen LogP) is 0.935. The second-order valence-corrected chi connectivity index (χ2v) is 5.50. The molecule has 2 aromatic rings. The fourth-order valence-electron chi connectivity index (χ4n) is 2.44. The molecule has 3 rings (SSSR count). The van der Waals surface area contributed by atoms with Crippen LogP contribution in [0.2, 0.25) is 0 Å². The minimum absolute atomic E-state index is 0.223. The van der Waals surface area contributed by atoms with Crippen molar-refractivity contribution in [3.8, 4) is 0 Å². The van der Waals surface area contributed by atoms with Crippen LogP contribution in [0.3, 0.4) is 0 Å². The lowest BCUT2D eigenvalue weighted by Gasteiger charge is -2.32. The maximum Gasteiger partial charge on any atom is 0.230 e. The van der Waals surface area contributed by atoms with Gasteiger partial charge in [0.1, 0.15) is 11.6 Å². The Bertz CT molecular complexity index is 637. The van der Waals surface area contributed by atoms with E-state index in [2.05, 4.69) is 31.8 Å². The van der Waals surface area contributed by atoms with Crippen LogP contribution >= 0.6 is 0 Å². The minimum Gasteiger partial charge on any atom is -0.368 e. The molecule has 1 aliphatic rings. The molecule has 0 unspecified atom stereocenters. The number of hydrogen-bond donors (Lipinski definition) is 1. The molecule has 1 aromatic carbocycles. The number of nitrogens with two attached hydrogens (primary N) is 1. The molecule has 1 aromatic heterocycles. The molecule has 6 nitrogen and oxygen atoms in total. The van der Waals surface area contributed by atoms with Gasteiger partial charge in [-0.2, -0.15) is 15.0 Å². The first kappa shape index (κ1) is 14.6. The number of piperazine rings is 1. The van der Waals surface area contributed by atoms with E-state index in [1.165, 1.54) is 12.1 Å². The maximum absolute atomic E-state index is 13.0. The summed E-state index contributed by atoms with van der Waals surface area (Å²) in [6.07, 6.45) is 0.508. The van der Waals surface area contributed by atoms with Crippen LogP contribution in [-0.2, 0) is 6.42 Å². The second kappa shape index (κ2) is 6.23.